The minimum Gasteiger partial charge on any atom is -0.396 e. The second-order valence-corrected chi connectivity index (χ2v) is 6.65. The fraction of sp³-hybridized carbons (Fsp3) is 0.625. The highest BCUT2D eigenvalue weighted by Crippen LogP contribution is 2.18. The van der Waals surface area contributed by atoms with Gasteiger partial charge >= 0.3 is 0 Å². The van der Waals surface area contributed by atoms with Crippen molar-refractivity contribution in [1.82, 2.24) is 5.01 Å². The van der Waals surface area contributed by atoms with Crippen LogP contribution in [0.1, 0.15) is 32.3 Å². The number of anilines is 1. The molecule has 0 aliphatic heterocycles. The standard InChI is InChI=1S/C16H27BrN4O/c1-4-15(9-11-21(3)20-19-13(2)17)18-16-8-6-5-7-14(16)10-12-22/h5-8,13,15,18,22H,4,9-12H2,1-3H3. The molecule has 124 valence electrons. The number of rotatable bonds is 10. The predicted octanol–water partition coefficient (Wildman–Crippen LogP) is 3.84. The van der Waals surface area contributed by atoms with Crippen molar-refractivity contribution in [1.29, 1.82) is 0 Å². The van der Waals surface area contributed by atoms with E-state index in [1.807, 2.05) is 31.1 Å². The molecule has 0 aliphatic carbocycles. The average molecular weight is 371 g/mol. The van der Waals surface area contributed by atoms with E-state index in [4.69, 9.17) is 5.11 Å². The van der Waals surface area contributed by atoms with E-state index in [2.05, 4.69) is 50.6 Å². The highest BCUT2D eigenvalue weighted by Gasteiger charge is 2.10. The predicted molar refractivity (Wildman–Crippen MR) is 95.4 cm³/mol. The Bertz CT molecular complexity index is 454. The van der Waals surface area contributed by atoms with Crippen LogP contribution in [-0.2, 0) is 6.42 Å². The number of aliphatic hydroxyl groups is 1. The van der Waals surface area contributed by atoms with Gasteiger partial charge < -0.3 is 10.4 Å². The van der Waals surface area contributed by atoms with E-state index in [-0.39, 0.29) is 11.6 Å². The Morgan fingerprint density at radius 3 is 2.73 bits per heavy atom. The Morgan fingerprint density at radius 2 is 2.09 bits per heavy atom. The van der Waals surface area contributed by atoms with Crippen molar-refractivity contribution in [3.63, 3.8) is 0 Å². The van der Waals surface area contributed by atoms with Crippen LogP contribution in [0.2, 0.25) is 0 Å². The summed E-state index contributed by atoms with van der Waals surface area (Å²) in [5, 5.41) is 22.8. The fourth-order valence-electron chi connectivity index (χ4n) is 2.14. The summed E-state index contributed by atoms with van der Waals surface area (Å²) in [4.78, 5) is 0.0420. The van der Waals surface area contributed by atoms with Crippen LogP contribution in [0, 0.1) is 0 Å². The number of halogens is 1. The fourth-order valence-corrected chi connectivity index (χ4v) is 2.23. The van der Waals surface area contributed by atoms with Gasteiger partial charge in [0.25, 0.3) is 0 Å². The average Bonchev–Trinajstić information content (AvgIpc) is 2.51. The molecule has 0 heterocycles. The van der Waals surface area contributed by atoms with E-state index >= 15 is 0 Å². The number of alkyl halides is 1. The molecular weight excluding hydrogens is 344 g/mol. The number of hydrogen-bond donors (Lipinski definition) is 2. The van der Waals surface area contributed by atoms with Gasteiger partial charge in [-0.3, -0.25) is 5.01 Å². The van der Waals surface area contributed by atoms with Gasteiger partial charge in [0.05, 0.1) is 0 Å². The van der Waals surface area contributed by atoms with Gasteiger partial charge in [-0.05, 0) is 37.8 Å². The maximum absolute atomic E-state index is 9.15. The second-order valence-electron chi connectivity index (χ2n) is 5.33. The minimum atomic E-state index is 0.0420. The molecule has 0 saturated heterocycles. The van der Waals surface area contributed by atoms with E-state index in [1.165, 1.54) is 0 Å². The van der Waals surface area contributed by atoms with Crippen molar-refractivity contribution in [3.05, 3.63) is 29.8 Å². The second kappa shape index (κ2) is 10.6. The maximum atomic E-state index is 9.15. The first-order chi connectivity index (χ1) is 10.6. The first-order valence-electron chi connectivity index (χ1n) is 7.78. The molecule has 1 rings (SSSR count). The lowest BCUT2D eigenvalue weighted by atomic mass is 10.1. The third-order valence-corrected chi connectivity index (χ3v) is 3.60. The van der Waals surface area contributed by atoms with Crippen molar-refractivity contribution in [2.24, 2.45) is 10.3 Å². The normalized spacial score (nSPS) is 14.0. The summed E-state index contributed by atoms with van der Waals surface area (Å²) in [5.74, 6) is 0. The van der Waals surface area contributed by atoms with E-state index in [0.29, 0.717) is 12.5 Å². The maximum Gasteiger partial charge on any atom is 0.125 e. The summed E-state index contributed by atoms with van der Waals surface area (Å²) < 4.78 is 0. The van der Waals surface area contributed by atoms with Gasteiger partial charge in [0.1, 0.15) is 4.95 Å². The van der Waals surface area contributed by atoms with Gasteiger partial charge in [0.2, 0.25) is 0 Å². The molecule has 2 atom stereocenters. The van der Waals surface area contributed by atoms with Crippen LogP contribution in [-0.4, -0.2) is 41.3 Å². The first-order valence-corrected chi connectivity index (χ1v) is 8.69. The molecule has 22 heavy (non-hydrogen) atoms. The Hall–Kier alpha value is -1.14. The highest BCUT2D eigenvalue weighted by molar-refractivity contribution is 9.09. The molecule has 0 saturated carbocycles. The SMILES string of the molecule is CCC(CCN(C)N=NC(C)Br)Nc1ccccc1CCO. The molecule has 0 aromatic heterocycles. The number of nitrogens with one attached hydrogen (secondary N) is 1. The number of aliphatic hydroxyl groups excluding tert-OH is 1. The summed E-state index contributed by atoms with van der Waals surface area (Å²) in [6, 6.07) is 8.53. The minimum absolute atomic E-state index is 0.0420. The van der Waals surface area contributed by atoms with Gasteiger partial charge in [-0.25, -0.2) is 0 Å². The molecule has 2 unspecified atom stereocenters. The molecule has 6 heteroatoms. The monoisotopic (exact) mass is 370 g/mol. The van der Waals surface area contributed by atoms with Crippen LogP contribution >= 0.6 is 15.9 Å². The van der Waals surface area contributed by atoms with E-state index in [9.17, 15) is 0 Å². The number of benzene rings is 1. The Balaban J connectivity index is 2.55. The molecule has 0 fully saturated rings. The third kappa shape index (κ3) is 7.22. The van der Waals surface area contributed by atoms with Crippen molar-refractivity contribution in [2.45, 2.75) is 44.1 Å². The molecule has 0 spiro atoms. The molecular formula is C16H27BrN4O. The van der Waals surface area contributed by atoms with Crippen molar-refractivity contribution in [2.75, 3.05) is 25.5 Å². The topological polar surface area (TPSA) is 60.2 Å². The van der Waals surface area contributed by atoms with E-state index in [0.717, 1.165) is 30.6 Å². The Kier molecular flexibility index (Phi) is 9.08. The number of hydrogen-bond acceptors (Lipinski definition) is 4. The molecule has 1 aromatic carbocycles. The lowest BCUT2D eigenvalue weighted by Crippen LogP contribution is -2.25. The summed E-state index contributed by atoms with van der Waals surface area (Å²) in [7, 11) is 1.94. The van der Waals surface area contributed by atoms with Crippen molar-refractivity contribution in [3.8, 4) is 0 Å². The first kappa shape index (κ1) is 18.9. The molecule has 2 N–H and O–H groups in total. The van der Waals surface area contributed by atoms with Gasteiger partial charge in [-0.2, -0.15) is 5.11 Å². The van der Waals surface area contributed by atoms with Gasteiger partial charge in [0, 0.05) is 31.9 Å². The van der Waals surface area contributed by atoms with E-state index < -0.39 is 0 Å². The summed E-state index contributed by atoms with van der Waals surface area (Å²) in [6.45, 7) is 5.13. The summed E-state index contributed by atoms with van der Waals surface area (Å²) in [5.41, 5.74) is 2.27. The molecule has 0 aliphatic rings. The third-order valence-electron chi connectivity index (χ3n) is 3.42. The van der Waals surface area contributed by atoms with Crippen LogP contribution in [0.4, 0.5) is 5.69 Å². The zero-order chi connectivity index (χ0) is 16.4. The largest absolute Gasteiger partial charge is 0.396 e. The Morgan fingerprint density at radius 1 is 1.36 bits per heavy atom. The molecule has 0 radical (unpaired) electrons. The van der Waals surface area contributed by atoms with E-state index in [1.54, 1.807) is 0 Å². The smallest absolute Gasteiger partial charge is 0.125 e. The molecule has 1 aromatic rings. The summed E-state index contributed by atoms with van der Waals surface area (Å²) >= 11 is 3.34. The zero-order valence-electron chi connectivity index (χ0n) is 13.7. The number of para-hydroxylation sites is 1. The van der Waals surface area contributed by atoms with Crippen LogP contribution < -0.4 is 5.32 Å². The van der Waals surface area contributed by atoms with Gasteiger partial charge in [-0.1, -0.05) is 46.3 Å². The lowest BCUT2D eigenvalue weighted by Gasteiger charge is -2.22. The quantitative estimate of drug-likeness (QED) is 0.284. The Labute approximate surface area is 141 Å². The highest BCUT2D eigenvalue weighted by atomic mass is 79.9. The van der Waals surface area contributed by atoms with Crippen LogP contribution in [0.15, 0.2) is 34.6 Å². The van der Waals surface area contributed by atoms with Crippen LogP contribution in [0.25, 0.3) is 0 Å². The van der Waals surface area contributed by atoms with Crippen LogP contribution in [0.3, 0.4) is 0 Å². The molecule has 0 amide bonds. The molecule has 5 nitrogen and oxygen atoms in total. The van der Waals surface area contributed by atoms with Gasteiger partial charge in [0.15, 0.2) is 0 Å². The zero-order valence-corrected chi connectivity index (χ0v) is 15.3. The van der Waals surface area contributed by atoms with Crippen molar-refractivity contribution < 1.29 is 5.11 Å². The van der Waals surface area contributed by atoms with Crippen LogP contribution in [0.5, 0.6) is 0 Å². The van der Waals surface area contributed by atoms with Gasteiger partial charge in [-0.15, -0.1) is 0 Å². The molecule has 0 bridgehead atoms. The van der Waals surface area contributed by atoms with Crippen molar-refractivity contribution >= 4 is 21.6 Å². The summed E-state index contributed by atoms with van der Waals surface area (Å²) in [6.07, 6.45) is 2.69. The number of nitrogens with zero attached hydrogens (tertiary/aromatic N) is 3. The lowest BCUT2D eigenvalue weighted by molar-refractivity contribution is 0.299.